The molecular weight excluding hydrogens is 331 g/mol. The number of carbonyl (C=O) groups excluding carboxylic acids is 1. The van der Waals surface area contributed by atoms with Crippen molar-refractivity contribution in [2.45, 2.75) is 12.1 Å². The highest BCUT2D eigenvalue weighted by Gasteiger charge is 2.11. The maximum Gasteiger partial charge on any atom is 0.256 e. The van der Waals surface area contributed by atoms with E-state index in [0.29, 0.717) is 16.8 Å². The number of aryl methyl sites for hydroxylation is 2. The highest BCUT2D eigenvalue weighted by atomic mass is 32.2. The highest BCUT2D eigenvalue weighted by Crippen LogP contribution is 2.25. The number of amides is 1. The average molecular weight is 346 g/mol. The van der Waals surface area contributed by atoms with E-state index in [9.17, 15) is 9.18 Å². The Balaban J connectivity index is 1.58. The van der Waals surface area contributed by atoms with Crippen LogP contribution in [-0.4, -0.2) is 26.4 Å². The number of carbonyl (C=O) groups is 1. The Morgan fingerprint density at radius 3 is 2.79 bits per heavy atom. The molecule has 0 bridgehead atoms. The van der Waals surface area contributed by atoms with Crippen LogP contribution in [0, 0.1) is 12.7 Å². The van der Waals surface area contributed by atoms with Crippen molar-refractivity contribution < 1.29 is 13.6 Å². The third-order valence-electron chi connectivity index (χ3n) is 3.21. The lowest BCUT2D eigenvalue weighted by molar-refractivity contribution is -0.113. The monoisotopic (exact) mass is 346 g/mol. The third kappa shape index (κ3) is 3.83. The lowest BCUT2D eigenvalue weighted by atomic mass is 10.2. The number of benzene rings is 1. The summed E-state index contributed by atoms with van der Waals surface area (Å²) in [7, 11) is 1.76. The van der Waals surface area contributed by atoms with E-state index in [1.165, 1.54) is 23.9 Å². The number of halogens is 1. The van der Waals surface area contributed by atoms with E-state index in [0.717, 1.165) is 11.3 Å². The Morgan fingerprint density at radius 1 is 1.38 bits per heavy atom. The van der Waals surface area contributed by atoms with Gasteiger partial charge in [0, 0.05) is 18.7 Å². The standard InChI is InChI=1S/C16H15FN4O2S/c1-10-7-14(21(2)20-10)19-15(22)9-24-16-18-8-13(23-16)11-3-5-12(17)6-4-11/h3-8H,9H2,1-2H3,(H,19,22). The van der Waals surface area contributed by atoms with Gasteiger partial charge in [-0.1, -0.05) is 11.8 Å². The largest absolute Gasteiger partial charge is 0.431 e. The van der Waals surface area contributed by atoms with E-state index in [-0.39, 0.29) is 17.5 Å². The molecule has 24 heavy (non-hydrogen) atoms. The second-order valence-electron chi connectivity index (χ2n) is 5.13. The molecule has 1 amide bonds. The second kappa shape index (κ2) is 6.88. The molecule has 0 saturated heterocycles. The molecule has 0 saturated carbocycles. The van der Waals surface area contributed by atoms with Gasteiger partial charge in [-0.3, -0.25) is 9.48 Å². The number of hydrogen-bond donors (Lipinski definition) is 1. The van der Waals surface area contributed by atoms with Gasteiger partial charge in [-0.25, -0.2) is 9.37 Å². The van der Waals surface area contributed by atoms with Crippen molar-refractivity contribution >= 4 is 23.5 Å². The first-order chi connectivity index (χ1) is 11.5. The minimum atomic E-state index is -0.310. The molecular formula is C16H15FN4O2S. The van der Waals surface area contributed by atoms with Gasteiger partial charge in [0.15, 0.2) is 5.76 Å². The molecule has 3 aromatic rings. The Kier molecular flexibility index (Phi) is 4.66. The van der Waals surface area contributed by atoms with E-state index in [1.807, 2.05) is 6.92 Å². The van der Waals surface area contributed by atoms with Crippen LogP contribution < -0.4 is 5.32 Å². The van der Waals surface area contributed by atoms with Crippen molar-refractivity contribution in [1.29, 1.82) is 0 Å². The number of nitrogens with zero attached hydrogens (tertiary/aromatic N) is 3. The van der Waals surface area contributed by atoms with Crippen LogP contribution in [0.2, 0.25) is 0 Å². The number of aromatic nitrogens is 3. The molecule has 1 N–H and O–H groups in total. The molecule has 0 aliphatic heterocycles. The molecule has 124 valence electrons. The first kappa shape index (κ1) is 16.3. The lowest BCUT2D eigenvalue weighted by Crippen LogP contribution is -2.16. The Labute approximate surface area is 142 Å². The van der Waals surface area contributed by atoms with Gasteiger partial charge in [0.2, 0.25) is 5.91 Å². The number of anilines is 1. The second-order valence-corrected chi connectivity index (χ2v) is 6.06. The van der Waals surface area contributed by atoms with Crippen LogP contribution in [0.15, 0.2) is 46.2 Å². The summed E-state index contributed by atoms with van der Waals surface area (Å²) in [5, 5.41) is 7.32. The lowest BCUT2D eigenvalue weighted by Gasteiger charge is -2.03. The summed E-state index contributed by atoms with van der Waals surface area (Å²) in [5.41, 5.74) is 1.56. The molecule has 0 unspecified atom stereocenters. The van der Waals surface area contributed by atoms with E-state index in [2.05, 4.69) is 15.4 Å². The van der Waals surface area contributed by atoms with Crippen LogP contribution in [-0.2, 0) is 11.8 Å². The van der Waals surface area contributed by atoms with Gasteiger partial charge >= 0.3 is 0 Å². The van der Waals surface area contributed by atoms with Gasteiger partial charge < -0.3 is 9.73 Å². The molecule has 0 aliphatic carbocycles. The zero-order chi connectivity index (χ0) is 17.1. The normalized spacial score (nSPS) is 10.8. The SMILES string of the molecule is Cc1cc(NC(=O)CSc2ncc(-c3ccc(F)cc3)o2)n(C)n1. The number of thioether (sulfide) groups is 1. The number of oxazole rings is 1. The molecule has 0 radical (unpaired) electrons. The van der Waals surface area contributed by atoms with E-state index >= 15 is 0 Å². The predicted molar refractivity (Wildman–Crippen MR) is 89.2 cm³/mol. The molecule has 2 aromatic heterocycles. The molecule has 0 atom stereocenters. The van der Waals surface area contributed by atoms with E-state index in [4.69, 9.17) is 4.42 Å². The van der Waals surface area contributed by atoms with Crippen molar-refractivity contribution in [3.8, 4) is 11.3 Å². The fraction of sp³-hybridized carbons (Fsp3) is 0.188. The number of rotatable bonds is 5. The predicted octanol–water partition coefficient (Wildman–Crippen LogP) is 3.25. The minimum Gasteiger partial charge on any atom is -0.431 e. The summed E-state index contributed by atoms with van der Waals surface area (Å²) in [4.78, 5) is 16.1. The van der Waals surface area contributed by atoms with Gasteiger partial charge in [-0.05, 0) is 31.2 Å². The van der Waals surface area contributed by atoms with Crippen LogP contribution >= 0.6 is 11.8 Å². The maximum absolute atomic E-state index is 12.9. The van der Waals surface area contributed by atoms with Gasteiger partial charge in [0.1, 0.15) is 11.6 Å². The van der Waals surface area contributed by atoms with Gasteiger partial charge in [0.25, 0.3) is 5.22 Å². The van der Waals surface area contributed by atoms with E-state index < -0.39 is 0 Å². The Bertz CT molecular complexity index is 857. The zero-order valence-corrected chi connectivity index (χ0v) is 13.9. The van der Waals surface area contributed by atoms with Gasteiger partial charge in [0.05, 0.1) is 17.6 Å². The fourth-order valence-corrected chi connectivity index (χ4v) is 2.71. The van der Waals surface area contributed by atoms with Crippen LogP contribution in [0.1, 0.15) is 5.69 Å². The summed E-state index contributed by atoms with van der Waals surface area (Å²) >= 11 is 1.19. The summed E-state index contributed by atoms with van der Waals surface area (Å²) < 4.78 is 20.1. The van der Waals surface area contributed by atoms with Crippen molar-refractivity contribution in [2.75, 3.05) is 11.1 Å². The molecule has 1 aromatic carbocycles. The maximum atomic E-state index is 12.9. The van der Waals surface area contributed by atoms with Crippen LogP contribution in [0.25, 0.3) is 11.3 Å². The van der Waals surface area contributed by atoms with Crippen LogP contribution in [0.3, 0.4) is 0 Å². The smallest absolute Gasteiger partial charge is 0.256 e. The van der Waals surface area contributed by atoms with Crippen molar-refractivity contribution in [1.82, 2.24) is 14.8 Å². The summed E-state index contributed by atoms with van der Waals surface area (Å²) in [5.74, 6) is 0.838. The third-order valence-corrected chi connectivity index (χ3v) is 4.05. The first-order valence-electron chi connectivity index (χ1n) is 7.16. The first-order valence-corrected chi connectivity index (χ1v) is 8.15. The Morgan fingerprint density at radius 2 is 2.12 bits per heavy atom. The van der Waals surface area contributed by atoms with Crippen molar-refractivity contribution in [2.24, 2.45) is 7.05 Å². The Hall–Kier alpha value is -2.61. The summed E-state index contributed by atoms with van der Waals surface area (Å²) in [6.45, 7) is 1.86. The number of hydrogen-bond acceptors (Lipinski definition) is 5. The summed E-state index contributed by atoms with van der Waals surface area (Å²) in [6.07, 6.45) is 1.55. The van der Waals surface area contributed by atoms with Crippen LogP contribution in [0.4, 0.5) is 10.2 Å². The molecule has 0 aliphatic rings. The molecule has 3 rings (SSSR count). The number of nitrogens with one attached hydrogen (secondary N) is 1. The molecule has 2 heterocycles. The molecule has 8 heteroatoms. The topological polar surface area (TPSA) is 73.0 Å². The molecule has 6 nitrogen and oxygen atoms in total. The van der Waals surface area contributed by atoms with Gasteiger partial charge in [-0.15, -0.1) is 0 Å². The summed E-state index contributed by atoms with van der Waals surface area (Å²) in [6, 6.07) is 7.73. The fourth-order valence-electron chi connectivity index (χ4n) is 2.11. The minimum absolute atomic E-state index is 0.160. The molecule has 0 spiro atoms. The van der Waals surface area contributed by atoms with Crippen LogP contribution in [0.5, 0.6) is 0 Å². The van der Waals surface area contributed by atoms with Crippen molar-refractivity contribution in [3.05, 3.63) is 48.0 Å². The van der Waals surface area contributed by atoms with Gasteiger partial charge in [-0.2, -0.15) is 5.10 Å². The van der Waals surface area contributed by atoms with Crippen molar-refractivity contribution in [3.63, 3.8) is 0 Å². The molecule has 0 fully saturated rings. The highest BCUT2D eigenvalue weighted by molar-refractivity contribution is 7.99. The van der Waals surface area contributed by atoms with E-state index in [1.54, 1.807) is 36.1 Å². The quantitative estimate of drug-likeness (QED) is 0.718. The zero-order valence-electron chi connectivity index (χ0n) is 13.1. The average Bonchev–Trinajstić information content (AvgIpc) is 3.13.